The van der Waals surface area contributed by atoms with Crippen molar-refractivity contribution in [1.29, 1.82) is 0 Å². The Hall–Kier alpha value is -0.440. The zero-order valence-electron chi connectivity index (χ0n) is 6.29. The van der Waals surface area contributed by atoms with E-state index in [0.29, 0.717) is 12.8 Å². The lowest BCUT2D eigenvalue weighted by Crippen LogP contribution is -2.10. The van der Waals surface area contributed by atoms with Crippen LogP contribution in [-0.2, 0) is 9.53 Å². The number of thiocarbonyl (C=S) groups is 1. The van der Waals surface area contributed by atoms with Gasteiger partial charge in [-0.25, -0.2) is 0 Å². The summed E-state index contributed by atoms with van der Waals surface area (Å²) in [6.07, 6.45) is 1.01. The standard InChI is InChI=1S/C7H12O2S/c1-6(2)9-7(8)4-3-5-10/h5-6H,3-4H2,1-2H3. The summed E-state index contributed by atoms with van der Waals surface area (Å²) in [6.45, 7) is 3.66. The van der Waals surface area contributed by atoms with Gasteiger partial charge in [0, 0.05) is 6.42 Å². The average molecular weight is 160 g/mol. The lowest BCUT2D eigenvalue weighted by molar-refractivity contribution is -0.147. The number of esters is 1. The Morgan fingerprint density at radius 1 is 1.70 bits per heavy atom. The van der Waals surface area contributed by atoms with Crippen molar-refractivity contribution >= 4 is 23.6 Å². The molecule has 0 aliphatic heterocycles. The van der Waals surface area contributed by atoms with E-state index < -0.39 is 0 Å². The third-order valence-electron chi connectivity index (χ3n) is 0.833. The van der Waals surface area contributed by atoms with Crippen LogP contribution < -0.4 is 0 Å². The molecule has 0 heterocycles. The van der Waals surface area contributed by atoms with Gasteiger partial charge in [0.05, 0.1) is 6.10 Å². The highest BCUT2D eigenvalue weighted by Gasteiger charge is 2.02. The van der Waals surface area contributed by atoms with Crippen LogP contribution in [0.3, 0.4) is 0 Å². The lowest BCUT2D eigenvalue weighted by Gasteiger charge is -2.05. The van der Waals surface area contributed by atoms with Crippen molar-refractivity contribution in [3.8, 4) is 0 Å². The van der Waals surface area contributed by atoms with Gasteiger partial charge in [-0.3, -0.25) is 4.79 Å². The van der Waals surface area contributed by atoms with Crippen LogP contribution in [0, 0.1) is 0 Å². The van der Waals surface area contributed by atoms with Gasteiger partial charge in [-0.1, -0.05) is 12.2 Å². The van der Waals surface area contributed by atoms with Crippen molar-refractivity contribution in [3.05, 3.63) is 0 Å². The summed E-state index contributed by atoms with van der Waals surface area (Å²) in [4.78, 5) is 10.7. The maximum Gasteiger partial charge on any atom is 0.306 e. The first-order chi connectivity index (χ1) is 4.66. The van der Waals surface area contributed by atoms with Gasteiger partial charge < -0.3 is 4.74 Å². The molecule has 58 valence electrons. The summed E-state index contributed by atoms with van der Waals surface area (Å²) in [5, 5.41) is 1.54. The topological polar surface area (TPSA) is 26.3 Å². The Bertz CT molecular complexity index is 121. The molecule has 0 spiro atoms. The molecular weight excluding hydrogens is 148 g/mol. The summed E-state index contributed by atoms with van der Waals surface area (Å²) in [6, 6.07) is 0. The van der Waals surface area contributed by atoms with E-state index in [1.807, 2.05) is 13.8 Å². The van der Waals surface area contributed by atoms with E-state index in [1.165, 1.54) is 0 Å². The number of rotatable bonds is 4. The molecule has 0 aromatic rings. The lowest BCUT2D eigenvalue weighted by atomic mass is 10.3. The predicted molar refractivity (Wildman–Crippen MR) is 44.1 cm³/mol. The number of carbonyl (C=O) groups is 1. The fourth-order valence-electron chi connectivity index (χ4n) is 0.499. The van der Waals surface area contributed by atoms with E-state index in [4.69, 9.17) is 4.74 Å². The molecule has 0 fully saturated rings. The maximum absolute atomic E-state index is 10.7. The van der Waals surface area contributed by atoms with Crippen LogP contribution in [0.15, 0.2) is 0 Å². The van der Waals surface area contributed by atoms with Crippen molar-refractivity contribution in [2.45, 2.75) is 32.8 Å². The Labute approximate surface area is 66.6 Å². The second-order valence-corrected chi connectivity index (χ2v) is 2.58. The van der Waals surface area contributed by atoms with Gasteiger partial charge in [0.2, 0.25) is 0 Å². The molecule has 0 aliphatic rings. The van der Waals surface area contributed by atoms with Crippen LogP contribution in [0.5, 0.6) is 0 Å². The smallest absolute Gasteiger partial charge is 0.306 e. The first-order valence-corrected chi connectivity index (χ1v) is 3.77. The summed E-state index contributed by atoms with van der Waals surface area (Å²) in [7, 11) is 0. The molecule has 0 rings (SSSR count). The highest BCUT2D eigenvalue weighted by Crippen LogP contribution is 1.94. The van der Waals surface area contributed by atoms with E-state index in [-0.39, 0.29) is 12.1 Å². The van der Waals surface area contributed by atoms with Gasteiger partial charge in [-0.15, -0.1) is 0 Å². The zero-order chi connectivity index (χ0) is 7.98. The molecule has 0 saturated carbocycles. The molecule has 0 amide bonds. The van der Waals surface area contributed by atoms with Crippen LogP contribution >= 0.6 is 12.2 Å². The van der Waals surface area contributed by atoms with Crippen molar-refractivity contribution in [2.24, 2.45) is 0 Å². The molecule has 0 radical (unpaired) electrons. The first kappa shape index (κ1) is 9.56. The Morgan fingerprint density at radius 3 is 2.70 bits per heavy atom. The van der Waals surface area contributed by atoms with Crippen LogP contribution in [0.2, 0.25) is 0 Å². The van der Waals surface area contributed by atoms with Crippen LogP contribution in [0.1, 0.15) is 26.7 Å². The van der Waals surface area contributed by atoms with Gasteiger partial charge in [-0.2, -0.15) is 0 Å². The molecule has 2 nitrogen and oxygen atoms in total. The van der Waals surface area contributed by atoms with Gasteiger partial charge in [0.25, 0.3) is 0 Å². The van der Waals surface area contributed by atoms with E-state index in [9.17, 15) is 4.79 Å². The van der Waals surface area contributed by atoms with Gasteiger partial charge in [0.15, 0.2) is 0 Å². The molecule has 3 heteroatoms. The van der Waals surface area contributed by atoms with E-state index >= 15 is 0 Å². The number of ether oxygens (including phenoxy) is 1. The Kier molecular flexibility index (Phi) is 5.12. The van der Waals surface area contributed by atoms with Crippen LogP contribution in [-0.4, -0.2) is 17.4 Å². The van der Waals surface area contributed by atoms with Crippen LogP contribution in [0.4, 0.5) is 0 Å². The molecule has 0 saturated heterocycles. The average Bonchev–Trinajstić information content (AvgIpc) is 1.82. The van der Waals surface area contributed by atoms with E-state index in [1.54, 1.807) is 5.37 Å². The molecule has 0 atom stereocenters. The normalized spacial score (nSPS) is 9.50. The molecule has 0 N–H and O–H groups in total. The van der Waals surface area contributed by atoms with Gasteiger partial charge in [-0.05, 0) is 25.6 Å². The van der Waals surface area contributed by atoms with Crippen LogP contribution in [0.25, 0.3) is 0 Å². The molecular formula is C7H12O2S. The van der Waals surface area contributed by atoms with Crippen molar-refractivity contribution in [1.82, 2.24) is 0 Å². The molecule has 0 bridgehead atoms. The minimum Gasteiger partial charge on any atom is -0.463 e. The largest absolute Gasteiger partial charge is 0.463 e. The third-order valence-corrected chi connectivity index (χ3v) is 1.07. The van der Waals surface area contributed by atoms with Gasteiger partial charge in [0.1, 0.15) is 0 Å². The number of hydrogen-bond acceptors (Lipinski definition) is 3. The second kappa shape index (κ2) is 5.35. The SMILES string of the molecule is CC(C)OC(=O)CCC=S. The minimum atomic E-state index is -0.170. The zero-order valence-corrected chi connectivity index (χ0v) is 7.11. The molecule has 10 heavy (non-hydrogen) atoms. The fraction of sp³-hybridized carbons (Fsp3) is 0.714. The third kappa shape index (κ3) is 5.69. The summed E-state index contributed by atoms with van der Waals surface area (Å²) in [5.74, 6) is -0.170. The molecule has 0 aromatic carbocycles. The summed E-state index contributed by atoms with van der Waals surface area (Å²) in [5.41, 5.74) is 0. The Morgan fingerprint density at radius 2 is 2.30 bits per heavy atom. The highest BCUT2D eigenvalue weighted by atomic mass is 32.1. The monoisotopic (exact) mass is 160 g/mol. The summed E-state index contributed by atoms with van der Waals surface area (Å²) >= 11 is 4.55. The quantitative estimate of drug-likeness (QED) is 0.462. The predicted octanol–water partition coefficient (Wildman–Crippen LogP) is 1.72. The first-order valence-electron chi connectivity index (χ1n) is 3.30. The summed E-state index contributed by atoms with van der Waals surface area (Å²) < 4.78 is 4.85. The molecule has 0 aliphatic carbocycles. The van der Waals surface area contributed by atoms with E-state index in [0.717, 1.165) is 0 Å². The minimum absolute atomic E-state index is 0.0161. The highest BCUT2D eigenvalue weighted by molar-refractivity contribution is 7.78. The maximum atomic E-state index is 10.7. The van der Waals surface area contributed by atoms with E-state index in [2.05, 4.69) is 12.2 Å². The van der Waals surface area contributed by atoms with Crippen molar-refractivity contribution in [3.63, 3.8) is 0 Å². The molecule has 0 unspecified atom stereocenters. The van der Waals surface area contributed by atoms with Crippen molar-refractivity contribution in [2.75, 3.05) is 0 Å². The number of carbonyl (C=O) groups excluding carboxylic acids is 1. The van der Waals surface area contributed by atoms with Crippen molar-refractivity contribution < 1.29 is 9.53 Å². The van der Waals surface area contributed by atoms with Gasteiger partial charge >= 0.3 is 5.97 Å². The number of hydrogen-bond donors (Lipinski definition) is 0. The Balaban J connectivity index is 3.34. The fourth-order valence-corrected chi connectivity index (χ4v) is 0.616. The second-order valence-electron chi connectivity index (χ2n) is 2.24. The molecule has 0 aromatic heterocycles.